The minimum atomic E-state index is -3.47. The van der Waals surface area contributed by atoms with Gasteiger partial charge in [0.15, 0.2) is 9.84 Å². The van der Waals surface area contributed by atoms with Crippen molar-refractivity contribution < 1.29 is 8.42 Å². The molecule has 0 amide bonds. The van der Waals surface area contributed by atoms with E-state index in [9.17, 15) is 8.42 Å². The van der Waals surface area contributed by atoms with Crippen molar-refractivity contribution in [3.63, 3.8) is 0 Å². The summed E-state index contributed by atoms with van der Waals surface area (Å²) in [7, 11) is -3.47. The fourth-order valence-corrected chi connectivity index (χ4v) is 4.73. The van der Waals surface area contributed by atoms with Crippen LogP contribution in [0.5, 0.6) is 0 Å². The van der Waals surface area contributed by atoms with Gasteiger partial charge in [0.25, 0.3) is 0 Å². The van der Waals surface area contributed by atoms with Gasteiger partial charge in [0, 0.05) is 10.6 Å². The van der Waals surface area contributed by atoms with Crippen LogP contribution in [0, 0.1) is 6.92 Å². The zero-order valence-electron chi connectivity index (χ0n) is 11.0. The van der Waals surface area contributed by atoms with Crippen LogP contribution in [0.15, 0.2) is 64.4 Å². The highest BCUT2D eigenvalue weighted by atomic mass is 35.5. The lowest BCUT2D eigenvalue weighted by Crippen LogP contribution is -2.17. The predicted octanol–water partition coefficient (Wildman–Crippen LogP) is 4.13. The summed E-state index contributed by atoms with van der Waals surface area (Å²) in [6.07, 6.45) is 0. The van der Waals surface area contributed by atoms with Crippen LogP contribution in [0.25, 0.3) is 0 Å². The second-order valence-corrected chi connectivity index (χ2v) is 8.41. The summed E-state index contributed by atoms with van der Waals surface area (Å²) in [5.74, 6) is 0.322. The van der Waals surface area contributed by atoms with Crippen molar-refractivity contribution >= 4 is 33.2 Å². The van der Waals surface area contributed by atoms with E-state index in [1.54, 1.807) is 30.3 Å². The van der Waals surface area contributed by atoms with E-state index in [2.05, 4.69) is 0 Å². The molecule has 0 saturated heterocycles. The van der Waals surface area contributed by atoms with Crippen LogP contribution >= 0.6 is 23.4 Å². The zero-order chi connectivity index (χ0) is 14.6. The summed E-state index contributed by atoms with van der Waals surface area (Å²) in [5, 5.41) is 0. The van der Waals surface area contributed by atoms with Crippen molar-refractivity contribution in [2.24, 2.45) is 0 Å². The summed E-state index contributed by atoms with van der Waals surface area (Å²) in [6.45, 7) is 2.00. The fraction of sp³-hybridized carbons (Fsp3) is 0.200. The smallest absolute Gasteiger partial charge is 0.195 e. The van der Waals surface area contributed by atoms with Gasteiger partial charge in [-0.1, -0.05) is 35.9 Å². The number of aryl methyl sites for hydroxylation is 1. The first kappa shape index (κ1) is 15.4. The summed E-state index contributed by atoms with van der Waals surface area (Å²) in [5.41, 5.74) is 1.15. The summed E-state index contributed by atoms with van der Waals surface area (Å²) >= 11 is 7.54. The van der Waals surface area contributed by atoms with Gasteiger partial charge >= 0.3 is 0 Å². The molecule has 0 heterocycles. The Hall–Kier alpha value is -0.970. The van der Waals surface area contributed by atoms with Gasteiger partial charge in [0.2, 0.25) is 0 Å². The highest BCUT2D eigenvalue weighted by Crippen LogP contribution is 2.26. The Labute approximate surface area is 129 Å². The highest BCUT2D eigenvalue weighted by Gasteiger charge is 2.25. The van der Waals surface area contributed by atoms with E-state index in [0.717, 1.165) is 10.5 Å². The van der Waals surface area contributed by atoms with E-state index in [1.165, 1.54) is 11.8 Å². The van der Waals surface area contributed by atoms with Gasteiger partial charge in [-0.15, -0.1) is 23.4 Å². The number of sulfone groups is 1. The number of benzene rings is 2. The first-order valence-corrected chi connectivity index (χ1v) is 9.09. The number of alkyl halides is 1. The molecule has 0 aliphatic carbocycles. The maximum absolute atomic E-state index is 12.3. The van der Waals surface area contributed by atoms with E-state index in [0.29, 0.717) is 5.75 Å². The van der Waals surface area contributed by atoms with E-state index >= 15 is 0 Å². The SMILES string of the molecule is Cc1cccc(SCC(Cl)S(=O)(=O)c2ccccc2)c1. The average Bonchev–Trinajstić information content (AvgIpc) is 2.45. The molecule has 5 heteroatoms. The van der Waals surface area contributed by atoms with Gasteiger partial charge in [0.05, 0.1) is 4.90 Å². The summed E-state index contributed by atoms with van der Waals surface area (Å²) < 4.78 is 23.6. The van der Waals surface area contributed by atoms with Crippen molar-refractivity contribution in [1.29, 1.82) is 0 Å². The maximum atomic E-state index is 12.3. The first-order valence-electron chi connectivity index (χ1n) is 6.12. The van der Waals surface area contributed by atoms with Crippen LogP contribution in [0.4, 0.5) is 0 Å². The lowest BCUT2D eigenvalue weighted by atomic mass is 10.2. The van der Waals surface area contributed by atoms with Crippen LogP contribution in [0.1, 0.15) is 5.56 Å². The molecule has 0 fully saturated rings. The Kier molecular flexibility index (Phi) is 5.13. The molecule has 0 radical (unpaired) electrons. The normalized spacial score (nSPS) is 13.1. The van der Waals surface area contributed by atoms with E-state index in [4.69, 9.17) is 11.6 Å². The molecule has 0 bridgehead atoms. The molecular weight excluding hydrogens is 312 g/mol. The quantitative estimate of drug-likeness (QED) is 0.612. The van der Waals surface area contributed by atoms with Gasteiger partial charge in [-0.3, -0.25) is 0 Å². The lowest BCUT2D eigenvalue weighted by Gasteiger charge is -2.11. The minimum absolute atomic E-state index is 0.268. The van der Waals surface area contributed by atoms with Crippen molar-refractivity contribution in [3.8, 4) is 0 Å². The molecule has 2 nitrogen and oxygen atoms in total. The average molecular weight is 327 g/mol. The van der Waals surface area contributed by atoms with Crippen molar-refractivity contribution in [2.75, 3.05) is 5.75 Å². The molecule has 0 aliphatic heterocycles. The van der Waals surface area contributed by atoms with Crippen molar-refractivity contribution in [2.45, 2.75) is 21.4 Å². The molecule has 0 spiro atoms. The maximum Gasteiger partial charge on any atom is 0.195 e. The van der Waals surface area contributed by atoms with Gasteiger partial charge in [-0.2, -0.15) is 0 Å². The molecular formula is C15H15ClO2S2. The monoisotopic (exact) mass is 326 g/mol. The standard InChI is InChI=1S/C15H15ClO2S2/c1-12-6-5-7-13(10-12)19-11-15(16)20(17,18)14-8-3-2-4-9-14/h2-10,15H,11H2,1H3. The van der Waals surface area contributed by atoms with Gasteiger partial charge in [0.1, 0.15) is 4.71 Å². The molecule has 0 saturated carbocycles. The van der Waals surface area contributed by atoms with E-state index in [1.807, 2.05) is 31.2 Å². The Morgan fingerprint density at radius 3 is 2.45 bits per heavy atom. The first-order chi connectivity index (χ1) is 9.50. The predicted molar refractivity (Wildman–Crippen MR) is 85.2 cm³/mol. The summed E-state index contributed by atoms with van der Waals surface area (Å²) in [4.78, 5) is 1.30. The largest absolute Gasteiger partial charge is 0.222 e. The molecule has 20 heavy (non-hydrogen) atoms. The Morgan fingerprint density at radius 1 is 1.10 bits per heavy atom. The molecule has 2 rings (SSSR count). The van der Waals surface area contributed by atoms with Crippen LogP contribution in [-0.4, -0.2) is 18.9 Å². The van der Waals surface area contributed by atoms with Crippen molar-refractivity contribution in [1.82, 2.24) is 0 Å². The number of hydrogen-bond acceptors (Lipinski definition) is 3. The highest BCUT2D eigenvalue weighted by molar-refractivity contribution is 8.01. The van der Waals surface area contributed by atoms with Crippen LogP contribution in [0.2, 0.25) is 0 Å². The third-order valence-corrected chi connectivity index (χ3v) is 6.89. The molecule has 0 N–H and O–H groups in total. The second kappa shape index (κ2) is 6.66. The van der Waals surface area contributed by atoms with Gasteiger partial charge in [-0.25, -0.2) is 8.42 Å². The number of halogens is 1. The zero-order valence-corrected chi connectivity index (χ0v) is 13.4. The number of rotatable bonds is 5. The molecule has 2 aromatic carbocycles. The molecule has 1 unspecified atom stereocenters. The minimum Gasteiger partial charge on any atom is -0.222 e. The molecule has 0 aliphatic rings. The molecule has 0 aromatic heterocycles. The molecule has 1 atom stereocenters. The molecule has 106 valence electrons. The van der Waals surface area contributed by atoms with E-state index < -0.39 is 14.5 Å². The summed E-state index contributed by atoms with van der Waals surface area (Å²) in [6, 6.07) is 16.2. The Bertz CT molecular complexity index is 669. The van der Waals surface area contributed by atoms with Crippen molar-refractivity contribution in [3.05, 3.63) is 60.2 Å². The van der Waals surface area contributed by atoms with Gasteiger partial charge < -0.3 is 0 Å². The Balaban J connectivity index is 2.07. The van der Waals surface area contributed by atoms with Crippen LogP contribution in [-0.2, 0) is 9.84 Å². The molecule has 2 aromatic rings. The lowest BCUT2D eigenvalue weighted by molar-refractivity contribution is 0.595. The van der Waals surface area contributed by atoms with Crippen LogP contribution < -0.4 is 0 Å². The topological polar surface area (TPSA) is 34.1 Å². The van der Waals surface area contributed by atoms with E-state index in [-0.39, 0.29) is 4.90 Å². The number of thioether (sulfide) groups is 1. The fourth-order valence-electron chi connectivity index (χ4n) is 1.71. The third-order valence-electron chi connectivity index (χ3n) is 2.78. The number of hydrogen-bond donors (Lipinski definition) is 0. The Morgan fingerprint density at radius 2 is 1.80 bits per heavy atom. The second-order valence-electron chi connectivity index (χ2n) is 4.40. The van der Waals surface area contributed by atoms with Crippen LogP contribution in [0.3, 0.4) is 0 Å². The van der Waals surface area contributed by atoms with Gasteiger partial charge in [-0.05, 0) is 31.2 Å². The third kappa shape index (κ3) is 3.78.